The van der Waals surface area contributed by atoms with Gasteiger partial charge in [0.1, 0.15) is 11.8 Å². The lowest BCUT2D eigenvalue weighted by Crippen LogP contribution is -2.17. The van der Waals surface area contributed by atoms with E-state index in [1.807, 2.05) is 0 Å². The molecule has 0 spiro atoms. The molecule has 5 heteroatoms. The highest BCUT2D eigenvalue weighted by molar-refractivity contribution is 6.28. The lowest BCUT2D eigenvalue weighted by molar-refractivity contribution is 0.107. The van der Waals surface area contributed by atoms with Crippen LogP contribution in [0.15, 0.2) is 16.5 Å². The van der Waals surface area contributed by atoms with Crippen molar-refractivity contribution in [2.24, 2.45) is 5.73 Å². The lowest BCUT2D eigenvalue weighted by Gasteiger charge is -2.05. The second-order valence-corrected chi connectivity index (χ2v) is 2.37. The molecule has 0 aromatic carbocycles. The number of halogens is 3. The van der Waals surface area contributed by atoms with Gasteiger partial charge in [-0.25, -0.2) is 8.78 Å². The van der Waals surface area contributed by atoms with Crippen LogP contribution in [0.4, 0.5) is 8.78 Å². The molecule has 2 N–H and O–H groups in total. The Morgan fingerprint density at radius 1 is 1.45 bits per heavy atom. The molecule has 0 saturated carbocycles. The van der Waals surface area contributed by atoms with Crippen LogP contribution in [0.5, 0.6) is 0 Å². The number of alkyl halides is 2. The topological polar surface area (TPSA) is 39.2 Å². The van der Waals surface area contributed by atoms with Crippen LogP contribution in [0.1, 0.15) is 11.8 Å². The Morgan fingerprint density at radius 3 is 2.45 bits per heavy atom. The zero-order chi connectivity index (χ0) is 8.43. The van der Waals surface area contributed by atoms with Gasteiger partial charge in [0.25, 0.3) is 6.43 Å². The van der Waals surface area contributed by atoms with Crippen LogP contribution in [0.3, 0.4) is 0 Å². The molecule has 1 rings (SSSR count). The molecular weight excluding hydrogens is 176 g/mol. The summed E-state index contributed by atoms with van der Waals surface area (Å²) in [5.41, 5.74) is 5.05. The minimum Gasteiger partial charge on any atom is -0.448 e. The van der Waals surface area contributed by atoms with E-state index >= 15 is 0 Å². The quantitative estimate of drug-likeness (QED) is 0.760. The molecule has 0 saturated heterocycles. The van der Waals surface area contributed by atoms with Crippen molar-refractivity contribution in [3.8, 4) is 0 Å². The minimum absolute atomic E-state index is 0.00463. The highest BCUT2D eigenvalue weighted by atomic mass is 35.5. The summed E-state index contributed by atoms with van der Waals surface area (Å²) in [6.07, 6.45) is -2.63. The molecule has 62 valence electrons. The van der Waals surface area contributed by atoms with E-state index < -0.39 is 12.5 Å². The van der Waals surface area contributed by atoms with Crippen molar-refractivity contribution in [3.63, 3.8) is 0 Å². The van der Waals surface area contributed by atoms with Crippen molar-refractivity contribution >= 4 is 11.6 Å². The first-order chi connectivity index (χ1) is 5.11. The molecule has 0 bridgehead atoms. The van der Waals surface area contributed by atoms with Gasteiger partial charge in [-0.05, 0) is 23.7 Å². The Balaban J connectivity index is 2.76. The molecular formula is C6H6ClF2NO. The van der Waals surface area contributed by atoms with Gasteiger partial charge in [0.05, 0.1) is 0 Å². The van der Waals surface area contributed by atoms with Gasteiger partial charge >= 0.3 is 0 Å². The number of hydrogen-bond acceptors (Lipinski definition) is 2. The van der Waals surface area contributed by atoms with Crippen LogP contribution in [0.2, 0.25) is 5.22 Å². The zero-order valence-corrected chi connectivity index (χ0v) is 6.18. The molecule has 1 atom stereocenters. The Labute approximate surface area is 66.9 Å². The summed E-state index contributed by atoms with van der Waals surface area (Å²) in [5, 5.41) is 0.0658. The fraction of sp³-hybridized carbons (Fsp3) is 0.333. The number of furan rings is 1. The predicted octanol–water partition coefficient (Wildman–Crippen LogP) is 2.20. The van der Waals surface area contributed by atoms with Gasteiger partial charge in [0, 0.05) is 0 Å². The van der Waals surface area contributed by atoms with Crippen molar-refractivity contribution in [2.75, 3.05) is 0 Å². The average Bonchev–Trinajstić information content (AvgIpc) is 2.34. The van der Waals surface area contributed by atoms with Crippen molar-refractivity contribution in [3.05, 3.63) is 23.1 Å². The summed E-state index contributed by atoms with van der Waals surface area (Å²) >= 11 is 5.34. The zero-order valence-electron chi connectivity index (χ0n) is 5.43. The van der Waals surface area contributed by atoms with Gasteiger partial charge in [0.15, 0.2) is 5.22 Å². The van der Waals surface area contributed by atoms with Crippen LogP contribution in [0.25, 0.3) is 0 Å². The molecule has 0 amide bonds. The van der Waals surface area contributed by atoms with Crippen molar-refractivity contribution < 1.29 is 13.2 Å². The summed E-state index contributed by atoms with van der Waals surface area (Å²) in [5.74, 6) is 0.00463. The first-order valence-corrected chi connectivity index (χ1v) is 3.28. The fourth-order valence-corrected chi connectivity index (χ4v) is 0.784. The summed E-state index contributed by atoms with van der Waals surface area (Å²) in [6, 6.07) is 1.32. The Hall–Kier alpha value is -0.610. The van der Waals surface area contributed by atoms with E-state index in [1.54, 1.807) is 0 Å². The van der Waals surface area contributed by atoms with Crippen LogP contribution in [0, 0.1) is 0 Å². The molecule has 2 nitrogen and oxygen atoms in total. The number of rotatable bonds is 2. The molecule has 0 fully saturated rings. The van der Waals surface area contributed by atoms with Crippen molar-refractivity contribution in [2.45, 2.75) is 12.5 Å². The van der Waals surface area contributed by atoms with E-state index in [-0.39, 0.29) is 11.0 Å². The molecule has 0 aliphatic rings. The van der Waals surface area contributed by atoms with Gasteiger partial charge in [-0.3, -0.25) is 0 Å². The van der Waals surface area contributed by atoms with E-state index in [0.717, 1.165) is 0 Å². The summed E-state index contributed by atoms with van der Waals surface area (Å²) in [6.45, 7) is 0. The lowest BCUT2D eigenvalue weighted by atomic mass is 10.2. The maximum Gasteiger partial charge on any atom is 0.260 e. The van der Waals surface area contributed by atoms with E-state index in [9.17, 15) is 8.78 Å². The predicted molar refractivity (Wildman–Crippen MR) is 36.7 cm³/mol. The molecule has 1 heterocycles. The minimum atomic E-state index is -2.63. The molecule has 1 aromatic rings. The van der Waals surface area contributed by atoms with Gasteiger partial charge in [-0.15, -0.1) is 0 Å². The molecule has 11 heavy (non-hydrogen) atoms. The largest absolute Gasteiger partial charge is 0.448 e. The maximum atomic E-state index is 11.9. The molecule has 1 unspecified atom stereocenters. The molecule has 0 radical (unpaired) electrons. The van der Waals surface area contributed by atoms with Gasteiger partial charge in [-0.2, -0.15) is 0 Å². The van der Waals surface area contributed by atoms with E-state index in [4.69, 9.17) is 17.3 Å². The van der Waals surface area contributed by atoms with Crippen LogP contribution in [-0.2, 0) is 0 Å². The molecule has 0 aliphatic heterocycles. The Kier molecular flexibility index (Phi) is 2.46. The fourth-order valence-electron chi connectivity index (χ4n) is 0.632. The van der Waals surface area contributed by atoms with Crippen molar-refractivity contribution in [1.29, 1.82) is 0 Å². The monoisotopic (exact) mass is 181 g/mol. The standard InChI is InChI=1S/C6H6ClF2NO/c7-4-2-1-3(11-4)5(10)6(8)9/h1-2,5-6H,10H2. The first kappa shape index (κ1) is 8.49. The third-order valence-electron chi connectivity index (χ3n) is 1.19. The first-order valence-electron chi connectivity index (χ1n) is 2.90. The van der Waals surface area contributed by atoms with Crippen LogP contribution < -0.4 is 5.73 Å². The third-order valence-corrected chi connectivity index (χ3v) is 1.40. The SMILES string of the molecule is NC(c1ccc(Cl)o1)C(F)F. The Bertz CT molecular complexity index is 238. The highest BCUT2D eigenvalue weighted by Crippen LogP contribution is 2.22. The van der Waals surface area contributed by atoms with Gasteiger partial charge in [0.2, 0.25) is 0 Å². The second kappa shape index (κ2) is 3.19. The second-order valence-electron chi connectivity index (χ2n) is 2.00. The van der Waals surface area contributed by atoms with E-state index in [1.165, 1.54) is 12.1 Å². The van der Waals surface area contributed by atoms with Gasteiger partial charge in [-0.1, -0.05) is 0 Å². The summed E-state index contributed by atoms with van der Waals surface area (Å²) in [4.78, 5) is 0. The van der Waals surface area contributed by atoms with E-state index in [0.29, 0.717) is 0 Å². The maximum absolute atomic E-state index is 11.9. The van der Waals surface area contributed by atoms with Crippen LogP contribution >= 0.6 is 11.6 Å². The number of nitrogens with two attached hydrogens (primary N) is 1. The van der Waals surface area contributed by atoms with E-state index in [2.05, 4.69) is 4.42 Å². The smallest absolute Gasteiger partial charge is 0.260 e. The normalized spacial score (nSPS) is 13.9. The summed E-state index contributed by atoms with van der Waals surface area (Å²) < 4.78 is 28.5. The summed E-state index contributed by atoms with van der Waals surface area (Å²) in [7, 11) is 0. The van der Waals surface area contributed by atoms with Crippen LogP contribution in [-0.4, -0.2) is 6.43 Å². The molecule has 0 aliphatic carbocycles. The Morgan fingerprint density at radius 2 is 2.09 bits per heavy atom. The van der Waals surface area contributed by atoms with Gasteiger partial charge < -0.3 is 10.2 Å². The number of hydrogen-bond donors (Lipinski definition) is 1. The molecule has 1 aromatic heterocycles. The average molecular weight is 182 g/mol. The highest BCUT2D eigenvalue weighted by Gasteiger charge is 2.20. The van der Waals surface area contributed by atoms with Crippen molar-refractivity contribution in [1.82, 2.24) is 0 Å². The third kappa shape index (κ3) is 1.91.